The van der Waals surface area contributed by atoms with Crippen LogP contribution in [0.25, 0.3) is 0 Å². The quantitative estimate of drug-likeness (QED) is 0.596. The molecule has 0 aromatic carbocycles. The molecule has 0 amide bonds. The molecule has 0 saturated carbocycles. The molecule has 0 bridgehead atoms. The van der Waals surface area contributed by atoms with Gasteiger partial charge in [-0.2, -0.15) is 0 Å². The number of ether oxygens (including phenoxy) is 2. The minimum Gasteiger partial charge on any atom is -0.486 e. The van der Waals surface area contributed by atoms with Crippen molar-refractivity contribution in [3.05, 3.63) is 12.3 Å². The second-order valence-electron chi connectivity index (χ2n) is 3.08. The third kappa shape index (κ3) is 2.89. The van der Waals surface area contributed by atoms with Crippen LogP contribution in [-0.2, 0) is 19.1 Å². The van der Waals surface area contributed by atoms with Gasteiger partial charge in [-0.15, -0.1) is 0 Å². The zero-order valence-corrected chi connectivity index (χ0v) is 7.65. The van der Waals surface area contributed by atoms with Crippen LogP contribution in [0.3, 0.4) is 0 Å². The third-order valence-electron chi connectivity index (χ3n) is 1.50. The van der Waals surface area contributed by atoms with Crippen molar-refractivity contribution in [3.63, 3.8) is 0 Å². The fourth-order valence-electron chi connectivity index (χ4n) is 0.956. The summed E-state index contributed by atoms with van der Waals surface area (Å²) in [6, 6.07) is 0. The summed E-state index contributed by atoms with van der Waals surface area (Å²) >= 11 is 0. The van der Waals surface area contributed by atoms with E-state index in [1.807, 2.05) is 0 Å². The van der Waals surface area contributed by atoms with Gasteiger partial charge in [0.25, 0.3) is 0 Å². The summed E-state index contributed by atoms with van der Waals surface area (Å²) in [5, 5.41) is 0. The smallest absolute Gasteiger partial charge is 0.348 e. The van der Waals surface area contributed by atoms with Crippen LogP contribution in [0.15, 0.2) is 12.3 Å². The van der Waals surface area contributed by atoms with Gasteiger partial charge in [0.1, 0.15) is 0 Å². The van der Waals surface area contributed by atoms with Gasteiger partial charge in [0, 0.05) is 6.08 Å². The Balaban J connectivity index is 2.48. The van der Waals surface area contributed by atoms with Gasteiger partial charge in [-0.3, -0.25) is 4.79 Å². The average molecular weight is 184 g/mol. The molecule has 1 rings (SSSR count). The highest BCUT2D eigenvalue weighted by Gasteiger charge is 2.26. The Hall–Kier alpha value is -1.32. The van der Waals surface area contributed by atoms with Crippen LogP contribution in [0.2, 0.25) is 0 Å². The summed E-state index contributed by atoms with van der Waals surface area (Å²) in [4.78, 5) is 22.1. The monoisotopic (exact) mass is 184 g/mol. The first-order chi connectivity index (χ1) is 6.09. The average Bonchev–Trinajstić information content (AvgIpc) is 2.03. The van der Waals surface area contributed by atoms with Crippen LogP contribution in [-0.4, -0.2) is 24.0 Å². The molecular formula is C9H12O4. The van der Waals surface area contributed by atoms with Crippen LogP contribution in [0.1, 0.15) is 20.3 Å². The normalized spacial score (nSPS) is 21.5. The molecule has 1 aliphatic heterocycles. The van der Waals surface area contributed by atoms with E-state index in [9.17, 15) is 9.59 Å². The SMILES string of the molecule is CC(C)OC(=O)[C@@H]1CC(=O)C=CO1. The Morgan fingerprint density at radius 1 is 1.69 bits per heavy atom. The highest BCUT2D eigenvalue weighted by atomic mass is 16.6. The van der Waals surface area contributed by atoms with Crippen molar-refractivity contribution in [1.29, 1.82) is 0 Å². The second kappa shape index (κ2) is 4.07. The van der Waals surface area contributed by atoms with Crippen molar-refractivity contribution in [2.45, 2.75) is 32.5 Å². The molecule has 0 saturated heterocycles. The van der Waals surface area contributed by atoms with Gasteiger partial charge in [-0.25, -0.2) is 4.79 Å². The molecule has 0 unspecified atom stereocenters. The van der Waals surface area contributed by atoms with E-state index >= 15 is 0 Å². The maximum Gasteiger partial charge on any atom is 0.348 e. The number of hydrogen-bond donors (Lipinski definition) is 0. The summed E-state index contributed by atoms with van der Waals surface area (Å²) in [5.74, 6) is -0.593. The summed E-state index contributed by atoms with van der Waals surface area (Å²) < 4.78 is 9.82. The van der Waals surface area contributed by atoms with E-state index in [-0.39, 0.29) is 18.3 Å². The lowest BCUT2D eigenvalue weighted by molar-refractivity contribution is -0.159. The number of allylic oxidation sites excluding steroid dienone is 1. The van der Waals surface area contributed by atoms with E-state index in [4.69, 9.17) is 9.47 Å². The molecular weight excluding hydrogens is 172 g/mol. The molecule has 0 spiro atoms. The molecule has 1 atom stereocenters. The highest BCUT2D eigenvalue weighted by Crippen LogP contribution is 2.10. The summed E-state index contributed by atoms with van der Waals surface area (Å²) in [6.07, 6.45) is 1.66. The molecule has 13 heavy (non-hydrogen) atoms. The molecule has 0 aromatic rings. The topological polar surface area (TPSA) is 52.6 Å². The molecule has 0 fully saturated rings. The van der Waals surface area contributed by atoms with E-state index in [0.29, 0.717) is 0 Å². The predicted molar refractivity (Wildman–Crippen MR) is 44.9 cm³/mol. The fraction of sp³-hybridized carbons (Fsp3) is 0.556. The Bertz CT molecular complexity index is 242. The second-order valence-corrected chi connectivity index (χ2v) is 3.08. The van der Waals surface area contributed by atoms with Gasteiger partial charge in [0.05, 0.1) is 18.8 Å². The first-order valence-electron chi connectivity index (χ1n) is 4.15. The van der Waals surface area contributed by atoms with Gasteiger partial charge in [-0.05, 0) is 13.8 Å². The zero-order valence-electron chi connectivity index (χ0n) is 7.65. The number of hydrogen-bond acceptors (Lipinski definition) is 4. The highest BCUT2D eigenvalue weighted by molar-refractivity contribution is 5.94. The van der Waals surface area contributed by atoms with Gasteiger partial charge >= 0.3 is 5.97 Å². The minimum absolute atomic E-state index is 0.0715. The van der Waals surface area contributed by atoms with Crippen molar-refractivity contribution in [1.82, 2.24) is 0 Å². The number of rotatable bonds is 2. The molecule has 0 radical (unpaired) electrons. The lowest BCUT2D eigenvalue weighted by Gasteiger charge is -2.18. The van der Waals surface area contributed by atoms with Gasteiger partial charge in [0.2, 0.25) is 6.10 Å². The number of carbonyl (C=O) groups excluding carboxylic acids is 2. The lowest BCUT2D eigenvalue weighted by Crippen LogP contribution is -2.31. The third-order valence-corrected chi connectivity index (χ3v) is 1.50. The van der Waals surface area contributed by atoms with Crippen molar-refractivity contribution in [2.24, 2.45) is 0 Å². The number of carbonyl (C=O) groups is 2. The zero-order chi connectivity index (χ0) is 9.84. The van der Waals surface area contributed by atoms with Gasteiger partial charge in [0.15, 0.2) is 5.78 Å². The van der Waals surface area contributed by atoms with Crippen LogP contribution in [0, 0.1) is 0 Å². The number of esters is 1. The fourth-order valence-corrected chi connectivity index (χ4v) is 0.956. The van der Waals surface area contributed by atoms with Crippen LogP contribution >= 0.6 is 0 Å². The molecule has 72 valence electrons. The molecule has 4 heteroatoms. The van der Waals surface area contributed by atoms with Crippen LogP contribution in [0.4, 0.5) is 0 Å². The van der Waals surface area contributed by atoms with E-state index in [2.05, 4.69) is 0 Å². The predicted octanol–water partition coefficient (Wildman–Crippen LogP) is 0.810. The maximum absolute atomic E-state index is 11.2. The Morgan fingerprint density at radius 3 is 2.92 bits per heavy atom. The summed E-state index contributed by atoms with van der Waals surface area (Å²) in [7, 11) is 0. The van der Waals surface area contributed by atoms with Gasteiger partial charge < -0.3 is 9.47 Å². The lowest BCUT2D eigenvalue weighted by atomic mass is 10.1. The summed E-state index contributed by atoms with van der Waals surface area (Å²) in [5.41, 5.74) is 0. The molecule has 0 aliphatic carbocycles. The maximum atomic E-state index is 11.2. The van der Waals surface area contributed by atoms with Crippen molar-refractivity contribution < 1.29 is 19.1 Å². The molecule has 0 N–H and O–H groups in total. The largest absolute Gasteiger partial charge is 0.486 e. The Labute approximate surface area is 76.5 Å². The molecule has 0 aromatic heterocycles. The molecule has 4 nitrogen and oxygen atoms in total. The van der Waals surface area contributed by atoms with Gasteiger partial charge in [-0.1, -0.05) is 0 Å². The van der Waals surface area contributed by atoms with Crippen LogP contribution < -0.4 is 0 Å². The van der Waals surface area contributed by atoms with Crippen molar-refractivity contribution in [2.75, 3.05) is 0 Å². The van der Waals surface area contributed by atoms with Crippen LogP contribution in [0.5, 0.6) is 0 Å². The Morgan fingerprint density at radius 2 is 2.38 bits per heavy atom. The van der Waals surface area contributed by atoms with E-state index < -0.39 is 12.1 Å². The molecule has 1 heterocycles. The standard InChI is InChI=1S/C9H12O4/c1-6(2)13-9(11)8-5-7(10)3-4-12-8/h3-4,6,8H,5H2,1-2H3/t8-/m0/s1. The first-order valence-corrected chi connectivity index (χ1v) is 4.15. The van der Waals surface area contributed by atoms with E-state index in [1.54, 1.807) is 13.8 Å². The summed E-state index contributed by atoms with van der Waals surface area (Å²) in [6.45, 7) is 3.50. The Kier molecular flexibility index (Phi) is 3.06. The van der Waals surface area contributed by atoms with E-state index in [0.717, 1.165) is 0 Å². The minimum atomic E-state index is -0.764. The van der Waals surface area contributed by atoms with Crippen molar-refractivity contribution in [3.8, 4) is 0 Å². The number of ketones is 1. The van der Waals surface area contributed by atoms with E-state index in [1.165, 1.54) is 12.3 Å². The first kappa shape index (κ1) is 9.77. The molecule has 1 aliphatic rings. The van der Waals surface area contributed by atoms with Crippen molar-refractivity contribution >= 4 is 11.8 Å².